The van der Waals surface area contributed by atoms with E-state index in [1.165, 1.54) is 5.56 Å². The predicted molar refractivity (Wildman–Crippen MR) is 122 cm³/mol. The predicted octanol–water partition coefficient (Wildman–Crippen LogP) is 2.57. The van der Waals surface area contributed by atoms with E-state index in [0.29, 0.717) is 17.6 Å². The molecule has 0 spiro atoms. The number of carbonyl (C=O) groups is 2. The van der Waals surface area contributed by atoms with Gasteiger partial charge in [-0.3, -0.25) is 9.69 Å². The van der Waals surface area contributed by atoms with E-state index >= 15 is 0 Å². The van der Waals surface area contributed by atoms with Gasteiger partial charge in [0, 0.05) is 50.1 Å². The number of carbonyl (C=O) groups excluding carboxylic acids is 2. The molecule has 0 radical (unpaired) electrons. The Hall–Kier alpha value is -1.99. The maximum absolute atomic E-state index is 12.5. The molecule has 0 aromatic heterocycles. The molecule has 0 bridgehead atoms. The largest absolute Gasteiger partial charge is 0.340 e. The number of amides is 3. The van der Waals surface area contributed by atoms with Crippen LogP contribution in [0.2, 0.25) is 0 Å². The zero-order chi connectivity index (χ0) is 20.8. The van der Waals surface area contributed by atoms with Crippen molar-refractivity contribution in [2.45, 2.75) is 43.0 Å². The minimum absolute atomic E-state index is 0.0276. The van der Waals surface area contributed by atoms with Gasteiger partial charge in [-0.2, -0.15) is 11.8 Å². The number of nitrogens with one attached hydrogen (secondary N) is 2. The second-order valence-corrected chi connectivity index (χ2v) is 9.63. The first-order valence-corrected chi connectivity index (χ1v) is 12.1. The van der Waals surface area contributed by atoms with Crippen LogP contribution in [0.5, 0.6) is 0 Å². The molecule has 3 atom stereocenters. The van der Waals surface area contributed by atoms with Crippen molar-refractivity contribution < 1.29 is 9.59 Å². The summed E-state index contributed by atoms with van der Waals surface area (Å²) in [4.78, 5) is 28.4. The Balaban J connectivity index is 1.09. The topological polar surface area (TPSA) is 64.7 Å². The zero-order valence-electron chi connectivity index (χ0n) is 17.5. The van der Waals surface area contributed by atoms with E-state index in [2.05, 4.69) is 52.0 Å². The van der Waals surface area contributed by atoms with Crippen molar-refractivity contribution in [3.05, 3.63) is 42.0 Å². The number of rotatable bonds is 8. The van der Waals surface area contributed by atoms with Crippen molar-refractivity contribution in [2.75, 3.05) is 38.5 Å². The minimum Gasteiger partial charge on any atom is -0.340 e. The molecule has 1 aromatic carbocycles. The number of urea groups is 1. The maximum Gasteiger partial charge on any atom is 0.315 e. The van der Waals surface area contributed by atoms with Crippen LogP contribution in [0.4, 0.5) is 4.79 Å². The van der Waals surface area contributed by atoms with Crippen molar-refractivity contribution in [1.29, 1.82) is 0 Å². The standard InChI is InChI=1S/C23H32N4O2S/c28-21(11-5-4-10-20-22-19(17-30-20)24-23(29)25-22)27-15-13-26(14-16-27)12-6-9-18-7-2-1-3-8-18/h1-3,6-9,19-20,22H,4-5,10-17H2,(H2,24,25,29)/t19-,20-,22-/m0/s1. The summed E-state index contributed by atoms with van der Waals surface area (Å²) in [5.41, 5.74) is 1.23. The number of nitrogens with zero attached hydrogens (tertiary/aromatic N) is 2. The van der Waals surface area contributed by atoms with Gasteiger partial charge in [0.25, 0.3) is 0 Å². The molecule has 7 heteroatoms. The molecular weight excluding hydrogens is 396 g/mol. The van der Waals surface area contributed by atoms with Gasteiger partial charge < -0.3 is 15.5 Å². The third-order valence-corrected chi connectivity index (χ3v) is 7.77. The molecule has 1 aromatic rings. The highest BCUT2D eigenvalue weighted by Gasteiger charge is 2.42. The zero-order valence-corrected chi connectivity index (χ0v) is 18.3. The second kappa shape index (κ2) is 10.4. The van der Waals surface area contributed by atoms with E-state index in [1.54, 1.807) is 0 Å². The fourth-order valence-corrected chi connectivity index (χ4v) is 6.05. The first-order valence-electron chi connectivity index (χ1n) is 11.1. The fourth-order valence-electron chi connectivity index (χ4n) is 4.50. The Bertz CT molecular complexity index is 749. The molecule has 0 aliphatic carbocycles. The summed E-state index contributed by atoms with van der Waals surface area (Å²) >= 11 is 1.94. The lowest BCUT2D eigenvalue weighted by Gasteiger charge is -2.34. The third-order valence-electron chi connectivity index (χ3n) is 6.27. The highest BCUT2D eigenvalue weighted by Crippen LogP contribution is 2.33. The van der Waals surface area contributed by atoms with Gasteiger partial charge in [0.15, 0.2) is 0 Å². The van der Waals surface area contributed by atoms with E-state index in [1.807, 2.05) is 22.7 Å². The van der Waals surface area contributed by atoms with Gasteiger partial charge in [-0.05, 0) is 18.4 Å². The first-order chi connectivity index (χ1) is 14.7. The summed E-state index contributed by atoms with van der Waals surface area (Å²) in [6.07, 6.45) is 8.07. The normalized spacial score (nSPS) is 26.6. The Morgan fingerprint density at radius 1 is 1.10 bits per heavy atom. The summed E-state index contributed by atoms with van der Waals surface area (Å²) in [5.74, 6) is 1.29. The van der Waals surface area contributed by atoms with Crippen molar-refractivity contribution in [1.82, 2.24) is 20.4 Å². The fraction of sp³-hybridized carbons (Fsp3) is 0.565. The molecule has 0 unspecified atom stereocenters. The van der Waals surface area contributed by atoms with Crippen LogP contribution in [0, 0.1) is 0 Å². The van der Waals surface area contributed by atoms with Crippen LogP contribution in [0.15, 0.2) is 36.4 Å². The van der Waals surface area contributed by atoms with E-state index < -0.39 is 0 Å². The quantitative estimate of drug-likeness (QED) is 0.493. The number of hydrogen-bond donors (Lipinski definition) is 2. The van der Waals surface area contributed by atoms with Crippen molar-refractivity contribution in [3.63, 3.8) is 0 Å². The molecule has 162 valence electrons. The summed E-state index contributed by atoms with van der Waals surface area (Å²) in [5, 5.41) is 6.50. The van der Waals surface area contributed by atoms with Crippen molar-refractivity contribution >= 4 is 29.8 Å². The van der Waals surface area contributed by atoms with Crippen LogP contribution in [0.1, 0.15) is 31.2 Å². The smallest absolute Gasteiger partial charge is 0.315 e. The second-order valence-electron chi connectivity index (χ2n) is 8.36. The maximum atomic E-state index is 12.5. The molecule has 6 nitrogen and oxygen atoms in total. The Labute approximate surface area is 183 Å². The summed E-state index contributed by atoms with van der Waals surface area (Å²) in [7, 11) is 0. The average Bonchev–Trinajstić information content (AvgIpc) is 3.31. The monoisotopic (exact) mass is 428 g/mol. The van der Waals surface area contributed by atoms with Gasteiger partial charge >= 0.3 is 6.03 Å². The number of benzene rings is 1. The van der Waals surface area contributed by atoms with Crippen molar-refractivity contribution in [3.8, 4) is 0 Å². The van der Waals surface area contributed by atoms with Crippen molar-refractivity contribution in [2.24, 2.45) is 0 Å². The Kier molecular flexibility index (Phi) is 7.33. The Morgan fingerprint density at radius 2 is 1.90 bits per heavy atom. The first kappa shape index (κ1) is 21.2. The molecule has 30 heavy (non-hydrogen) atoms. The van der Waals surface area contributed by atoms with Crippen LogP contribution in [-0.2, 0) is 4.79 Å². The summed E-state index contributed by atoms with van der Waals surface area (Å²) in [6, 6.07) is 10.9. The summed E-state index contributed by atoms with van der Waals surface area (Å²) < 4.78 is 0. The Morgan fingerprint density at radius 3 is 2.70 bits per heavy atom. The molecule has 3 amide bonds. The molecular formula is C23H32N4O2S. The SMILES string of the molecule is O=C1N[C@H]2[C@H](CS[C@H]2CCCCC(=O)N2CCN(CC=Cc3ccccc3)CC2)N1. The van der Waals surface area contributed by atoms with Gasteiger partial charge in [0.05, 0.1) is 12.1 Å². The van der Waals surface area contributed by atoms with Crippen LogP contribution < -0.4 is 10.6 Å². The molecule has 0 saturated carbocycles. The lowest BCUT2D eigenvalue weighted by molar-refractivity contribution is -0.133. The van der Waals surface area contributed by atoms with Gasteiger partial charge in [-0.1, -0.05) is 48.9 Å². The average molecular weight is 429 g/mol. The number of piperazine rings is 1. The minimum atomic E-state index is -0.0276. The van der Waals surface area contributed by atoms with E-state index in [9.17, 15) is 9.59 Å². The molecule has 2 N–H and O–H groups in total. The van der Waals surface area contributed by atoms with E-state index in [-0.39, 0.29) is 18.1 Å². The molecule has 3 aliphatic heterocycles. The van der Waals surface area contributed by atoms with Gasteiger partial charge in [0.2, 0.25) is 5.91 Å². The summed E-state index contributed by atoms with van der Waals surface area (Å²) in [6.45, 7) is 4.48. The molecule has 3 aliphatic rings. The van der Waals surface area contributed by atoms with E-state index in [0.717, 1.165) is 57.7 Å². The molecule has 3 saturated heterocycles. The van der Waals surface area contributed by atoms with Gasteiger partial charge in [-0.15, -0.1) is 0 Å². The number of unbranched alkanes of at least 4 members (excludes halogenated alkanes) is 1. The van der Waals surface area contributed by atoms with Gasteiger partial charge in [-0.25, -0.2) is 4.79 Å². The number of fused-ring (bicyclic) bond motifs is 1. The third kappa shape index (κ3) is 5.58. The van der Waals surface area contributed by atoms with Crippen LogP contribution in [0.25, 0.3) is 6.08 Å². The lowest BCUT2D eigenvalue weighted by atomic mass is 10.0. The lowest BCUT2D eigenvalue weighted by Crippen LogP contribution is -2.48. The highest BCUT2D eigenvalue weighted by atomic mass is 32.2. The molecule has 4 rings (SSSR count). The van der Waals surface area contributed by atoms with Gasteiger partial charge in [0.1, 0.15) is 0 Å². The van der Waals surface area contributed by atoms with Crippen LogP contribution in [-0.4, -0.2) is 77.5 Å². The van der Waals surface area contributed by atoms with Crippen LogP contribution in [0.3, 0.4) is 0 Å². The highest BCUT2D eigenvalue weighted by molar-refractivity contribution is 8.00. The number of hydrogen-bond acceptors (Lipinski definition) is 4. The van der Waals surface area contributed by atoms with E-state index in [4.69, 9.17) is 0 Å². The number of thioether (sulfide) groups is 1. The molecule has 3 heterocycles. The molecule has 3 fully saturated rings. The van der Waals surface area contributed by atoms with Crippen LogP contribution >= 0.6 is 11.8 Å².